The summed E-state index contributed by atoms with van der Waals surface area (Å²) in [6.45, 7) is 0. The third-order valence-corrected chi connectivity index (χ3v) is 10.1. The van der Waals surface area contributed by atoms with Crippen molar-refractivity contribution in [3.63, 3.8) is 0 Å². The first kappa shape index (κ1) is 16.3. The molecule has 0 aliphatic heterocycles. The summed E-state index contributed by atoms with van der Waals surface area (Å²) < 4.78 is 0. The zero-order valence-electron chi connectivity index (χ0n) is 16.1. The summed E-state index contributed by atoms with van der Waals surface area (Å²) in [4.78, 5) is 26.5. The molecule has 2 heteroatoms. The fraction of sp³-hybridized carbons (Fsp3) is 0.917. The molecule has 0 spiro atoms. The van der Waals surface area contributed by atoms with Gasteiger partial charge in [0.15, 0.2) is 0 Å². The Morgan fingerprint density at radius 2 is 1.08 bits per heavy atom. The van der Waals surface area contributed by atoms with Gasteiger partial charge >= 0.3 is 0 Å². The second-order valence-corrected chi connectivity index (χ2v) is 10.9. The van der Waals surface area contributed by atoms with Crippen LogP contribution in [-0.4, -0.2) is 11.6 Å². The van der Waals surface area contributed by atoms with Crippen LogP contribution in [-0.2, 0) is 9.59 Å². The summed E-state index contributed by atoms with van der Waals surface area (Å²) in [6, 6.07) is 0. The number of ketones is 2. The molecule has 6 saturated carbocycles. The van der Waals surface area contributed by atoms with Crippen molar-refractivity contribution in [2.75, 3.05) is 0 Å². The Labute approximate surface area is 157 Å². The fourth-order valence-corrected chi connectivity index (χ4v) is 9.31. The standard InChI is InChI=1S/C24H34O2/c25-23-16-8-4-3-7-15(16)21-17(23)9-10-18-22(21)19-11-13-5-1-2-6-14(13)12-20(19)24(18)26/h13-22H,1-12H2. The van der Waals surface area contributed by atoms with Crippen LogP contribution in [0.3, 0.4) is 0 Å². The predicted molar refractivity (Wildman–Crippen MR) is 100 cm³/mol. The van der Waals surface area contributed by atoms with Gasteiger partial charge in [0, 0.05) is 23.7 Å². The van der Waals surface area contributed by atoms with E-state index in [1.165, 1.54) is 57.8 Å². The SMILES string of the molecule is O=C1C2CCCCC2C2C1CCC1C(=O)C3CC4CCCCC4CC3C12. The molecule has 0 bridgehead atoms. The Hall–Kier alpha value is -0.660. The smallest absolute Gasteiger partial charge is 0.139 e. The third-order valence-electron chi connectivity index (χ3n) is 10.1. The number of hydrogen-bond donors (Lipinski definition) is 0. The first-order chi connectivity index (χ1) is 12.7. The molecule has 0 radical (unpaired) electrons. The molecule has 0 aromatic rings. The molecule has 2 nitrogen and oxygen atoms in total. The summed E-state index contributed by atoms with van der Waals surface area (Å²) in [5.41, 5.74) is 0. The van der Waals surface area contributed by atoms with Crippen molar-refractivity contribution in [2.45, 2.75) is 77.0 Å². The lowest BCUT2D eigenvalue weighted by atomic mass is 9.58. The van der Waals surface area contributed by atoms with Gasteiger partial charge in [-0.3, -0.25) is 9.59 Å². The number of rotatable bonds is 0. The lowest BCUT2D eigenvalue weighted by Gasteiger charge is -2.46. The molecule has 6 rings (SSSR count). The highest BCUT2D eigenvalue weighted by Gasteiger charge is 2.63. The maximum absolute atomic E-state index is 13.4. The molecule has 142 valence electrons. The van der Waals surface area contributed by atoms with Gasteiger partial charge in [-0.05, 0) is 74.0 Å². The van der Waals surface area contributed by atoms with E-state index >= 15 is 0 Å². The van der Waals surface area contributed by atoms with Gasteiger partial charge in [0.2, 0.25) is 0 Å². The molecule has 0 N–H and O–H groups in total. The van der Waals surface area contributed by atoms with Crippen LogP contribution in [0.15, 0.2) is 0 Å². The number of hydrogen-bond acceptors (Lipinski definition) is 2. The van der Waals surface area contributed by atoms with Crippen molar-refractivity contribution < 1.29 is 9.59 Å². The lowest BCUT2D eigenvalue weighted by molar-refractivity contribution is -0.129. The molecule has 0 saturated heterocycles. The molecule has 0 amide bonds. The molecular formula is C24H34O2. The quantitative estimate of drug-likeness (QED) is 0.610. The summed E-state index contributed by atoms with van der Waals surface area (Å²) in [7, 11) is 0. The molecule has 10 atom stereocenters. The Morgan fingerprint density at radius 1 is 0.500 bits per heavy atom. The molecule has 6 fully saturated rings. The third kappa shape index (κ3) is 2.11. The molecule has 0 aromatic heterocycles. The van der Waals surface area contributed by atoms with Crippen molar-refractivity contribution >= 4 is 11.6 Å². The monoisotopic (exact) mass is 354 g/mol. The Bertz CT molecular complexity index is 624. The van der Waals surface area contributed by atoms with Crippen LogP contribution in [0.5, 0.6) is 0 Å². The van der Waals surface area contributed by atoms with Gasteiger partial charge in [0.1, 0.15) is 11.6 Å². The summed E-state index contributed by atoms with van der Waals surface area (Å²) in [5, 5.41) is 0. The van der Waals surface area contributed by atoms with E-state index in [1.807, 2.05) is 0 Å². The van der Waals surface area contributed by atoms with Crippen LogP contribution in [0.2, 0.25) is 0 Å². The Balaban J connectivity index is 1.35. The minimum atomic E-state index is 0.333. The topological polar surface area (TPSA) is 34.1 Å². The van der Waals surface area contributed by atoms with Crippen LogP contribution in [0.25, 0.3) is 0 Å². The van der Waals surface area contributed by atoms with Crippen molar-refractivity contribution in [1.82, 2.24) is 0 Å². The first-order valence-corrected chi connectivity index (χ1v) is 11.8. The highest BCUT2D eigenvalue weighted by atomic mass is 16.1. The van der Waals surface area contributed by atoms with Gasteiger partial charge < -0.3 is 0 Å². The zero-order valence-corrected chi connectivity index (χ0v) is 16.1. The van der Waals surface area contributed by atoms with Crippen LogP contribution in [0, 0.1) is 59.2 Å². The average Bonchev–Trinajstić information content (AvgIpc) is 3.13. The van der Waals surface area contributed by atoms with E-state index < -0.39 is 0 Å². The lowest BCUT2D eigenvalue weighted by Crippen LogP contribution is -2.40. The van der Waals surface area contributed by atoms with E-state index in [2.05, 4.69) is 0 Å². The van der Waals surface area contributed by atoms with Crippen LogP contribution in [0.4, 0.5) is 0 Å². The molecule has 0 aromatic carbocycles. The number of carbonyl (C=O) groups excluding carboxylic acids is 2. The molecule has 10 unspecified atom stereocenters. The zero-order chi connectivity index (χ0) is 17.4. The Kier molecular flexibility index (Phi) is 3.71. The van der Waals surface area contributed by atoms with E-state index in [1.54, 1.807) is 0 Å². The second-order valence-electron chi connectivity index (χ2n) is 10.9. The van der Waals surface area contributed by atoms with Gasteiger partial charge in [-0.1, -0.05) is 38.5 Å². The maximum Gasteiger partial charge on any atom is 0.139 e. The van der Waals surface area contributed by atoms with Crippen LogP contribution in [0.1, 0.15) is 77.0 Å². The van der Waals surface area contributed by atoms with E-state index in [9.17, 15) is 9.59 Å². The minimum absolute atomic E-state index is 0.333. The minimum Gasteiger partial charge on any atom is -0.299 e. The molecule has 6 aliphatic rings. The van der Waals surface area contributed by atoms with Crippen molar-refractivity contribution in [3.05, 3.63) is 0 Å². The van der Waals surface area contributed by atoms with Crippen molar-refractivity contribution in [1.29, 1.82) is 0 Å². The van der Waals surface area contributed by atoms with Crippen molar-refractivity contribution in [2.24, 2.45) is 59.2 Å². The first-order valence-electron chi connectivity index (χ1n) is 11.8. The predicted octanol–water partition coefficient (Wildman–Crippen LogP) is 5.05. The summed E-state index contributed by atoms with van der Waals surface area (Å²) in [6.07, 6.45) is 15.2. The van der Waals surface area contributed by atoms with Crippen LogP contribution >= 0.6 is 0 Å². The number of Topliss-reactive ketones (excluding diaryl/α,β-unsaturated/α-hetero) is 2. The van der Waals surface area contributed by atoms with Gasteiger partial charge in [-0.25, -0.2) is 0 Å². The second kappa shape index (κ2) is 5.92. The molecule has 6 aliphatic carbocycles. The van der Waals surface area contributed by atoms with Gasteiger partial charge in [0.25, 0.3) is 0 Å². The van der Waals surface area contributed by atoms with Gasteiger partial charge in [-0.2, -0.15) is 0 Å². The van der Waals surface area contributed by atoms with Crippen molar-refractivity contribution in [3.8, 4) is 0 Å². The number of carbonyl (C=O) groups is 2. The highest BCUT2D eigenvalue weighted by molar-refractivity contribution is 5.90. The molecular weight excluding hydrogens is 320 g/mol. The fourth-order valence-electron chi connectivity index (χ4n) is 9.31. The van der Waals surface area contributed by atoms with E-state index in [0.717, 1.165) is 31.1 Å². The van der Waals surface area contributed by atoms with Gasteiger partial charge in [0.05, 0.1) is 0 Å². The van der Waals surface area contributed by atoms with E-state index in [-0.39, 0.29) is 0 Å². The highest BCUT2D eigenvalue weighted by Crippen LogP contribution is 2.64. The van der Waals surface area contributed by atoms with E-state index in [0.29, 0.717) is 58.9 Å². The Morgan fingerprint density at radius 3 is 1.85 bits per heavy atom. The molecule has 26 heavy (non-hydrogen) atoms. The normalized spacial score (nSPS) is 55.5. The molecule has 0 heterocycles. The largest absolute Gasteiger partial charge is 0.299 e. The summed E-state index contributed by atoms with van der Waals surface area (Å²) in [5.74, 6) is 6.90. The summed E-state index contributed by atoms with van der Waals surface area (Å²) >= 11 is 0. The van der Waals surface area contributed by atoms with E-state index in [4.69, 9.17) is 0 Å². The maximum atomic E-state index is 13.4. The average molecular weight is 355 g/mol. The van der Waals surface area contributed by atoms with Crippen LogP contribution < -0.4 is 0 Å². The number of fused-ring (bicyclic) bond motifs is 8. The van der Waals surface area contributed by atoms with Gasteiger partial charge in [-0.15, -0.1) is 0 Å².